The number of aromatic nitrogens is 1. The van der Waals surface area contributed by atoms with Gasteiger partial charge in [-0.15, -0.1) is 15.7 Å². The Morgan fingerprint density at radius 2 is 2.09 bits per heavy atom. The van der Waals surface area contributed by atoms with Crippen molar-refractivity contribution in [2.75, 3.05) is 18.9 Å². The summed E-state index contributed by atoms with van der Waals surface area (Å²) < 4.78 is 35.1. The Hall–Kier alpha value is -3.24. The number of carbonyl (C=O) groups excluding carboxylic acids is 1. The van der Waals surface area contributed by atoms with Gasteiger partial charge in [-0.25, -0.2) is 4.98 Å². The van der Waals surface area contributed by atoms with E-state index in [0.717, 1.165) is 18.7 Å². The zero-order valence-electron chi connectivity index (χ0n) is 17.4. The maximum Gasteiger partial charge on any atom is 0.284 e. The third kappa shape index (κ3) is 5.32. The number of carbonyl (C=O) groups is 1. The average Bonchev–Trinajstić information content (AvgIpc) is 3.44. The molecule has 2 aromatic carbocycles. The largest absolute Gasteiger partial charge is 0.487 e. The Bertz CT molecular complexity index is 1240. The van der Waals surface area contributed by atoms with Crippen LogP contribution in [0.15, 0.2) is 68.7 Å². The van der Waals surface area contributed by atoms with Gasteiger partial charge >= 0.3 is 0 Å². The van der Waals surface area contributed by atoms with E-state index >= 15 is 0 Å². The third-order valence-corrected chi connectivity index (χ3v) is 6.85. The SMILES string of the molecule is CN1CCC/C1=N\S(=O)(=O)c1cccc(NC(=O)c2cccc(OCc3cscn3)c2)c1. The molecule has 2 heterocycles. The van der Waals surface area contributed by atoms with Crippen LogP contribution in [0.3, 0.4) is 0 Å². The number of hydrogen-bond acceptors (Lipinski definition) is 6. The number of sulfonamides is 1. The van der Waals surface area contributed by atoms with E-state index < -0.39 is 10.0 Å². The fourth-order valence-corrected chi connectivity index (χ4v) is 4.91. The monoisotopic (exact) mass is 470 g/mol. The lowest BCUT2D eigenvalue weighted by Gasteiger charge is -2.11. The van der Waals surface area contributed by atoms with Gasteiger partial charge in [0.05, 0.1) is 16.1 Å². The summed E-state index contributed by atoms with van der Waals surface area (Å²) in [5, 5.41) is 4.64. The average molecular weight is 471 g/mol. The molecule has 8 nitrogen and oxygen atoms in total. The molecule has 1 aliphatic heterocycles. The van der Waals surface area contributed by atoms with Crippen LogP contribution in [0.5, 0.6) is 5.75 Å². The van der Waals surface area contributed by atoms with Crippen LogP contribution >= 0.6 is 11.3 Å². The number of nitrogens with zero attached hydrogens (tertiary/aromatic N) is 3. The fourth-order valence-electron chi connectivity index (χ4n) is 3.23. The molecule has 1 saturated heterocycles. The second-order valence-electron chi connectivity index (χ2n) is 7.29. The Morgan fingerprint density at radius 3 is 2.84 bits per heavy atom. The number of nitrogens with one attached hydrogen (secondary N) is 1. The van der Waals surface area contributed by atoms with E-state index in [1.807, 2.05) is 17.3 Å². The van der Waals surface area contributed by atoms with Gasteiger partial charge < -0.3 is 15.0 Å². The number of amides is 1. The molecule has 4 rings (SSSR count). The first-order valence-corrected chi connectivity index (χ1v) is 12.4. The molecule has 10 heteroatoms. The van der Waals surface area contributed by atoms with E-state index in [1.54, 1.807) is 41.9 Å². The first kappa shape index (κ1) is 22.0. The number of anilines is 1. The molecule has 1 N–H and O–H groups in total. The van der Waals surface area contributed by atoms with Gasteiger partial charge in [0, 0.05) is 36.6 Å². The van der Waals surface area contributed by atoms with E-state index in [1.165, 1.54) is 23.5 Å². The maximum absolute atomic E-state index is 12.7. The van der Waals surface area contributed by atoms with E-state index in [4.69, 9.17) is 4.74 Å². The summed E-state index contributed by atoms with van der Waals surface area (Å²) >= 11 is 1.49. The van der Waals surface area contributed by atoms with Gasteiger partial charge in [0.2, 0.25) is 0 Å². The highest BCUT2D eigenvalue weighted by atomic mass is 32.2. The lowest BCUT2D eigenvalue weighted by molar-refractivity contribution is 0.102. The van der Waals surface area contributed by atoms with Crippen LogP contribution in [0.25, 0.3) is 0 Å². The van der Waals surface area contributed by atoms with Crippen LogP contribution in [-0.4, -0.2) is 43.6 Å². The topological polar surface area (TPSA) is 101 Å². The Balaban J connectivity index is 1.46. The number of likely N-dealkylation sites (tertiary alicyclic amines) is 1. The van der Waals surface area contributed by atoms with Gasteiger partial charge in [-0.05, 0) is 42.8 Å². The van der Waals surface area contributed by atoms with E-state index in [-0.39, 0.29) is 10.8 Å². The minimum absolute atomic E-state index is 0.0310. The van der Waals surface area contributed by atoms with Crippen molar-refractivity contribution in [3.63, 3.8) is 0 Å². The van der Waals surface area contributed by atoms with Crippen molar-refractivity contribution in [1.82, 2.24) is 9.88 Å². The number of ether oxygens (including phenoxy) is 1. The van der Waals surface area contributed by atoms with Crippen molar-refractivity contribution in [1.29, 1.82) is 0 Å². The molecular weight excluding hydrogens is 448 g/mol. The van der Waals surface area contributed by atoms with E-state index in [0.29, 0.717) is 35.9 Å². The predicted octanol–water partition coefficient (Wildman–Crippen LogP) is 3.79. The van der Waals surface area contributed by atoms with Gasteiger partial charge in [0.1, 0.15) is 18.2 Å². The van der Waals surface area contributed by atoms with Crippen molar-refractivity contribution in [3.05, 3.63) is 70.7 Å². The molecule has 1 aliphatic rings. The van der Waals surface area contributed by atoms with Crippen molar-refractivity contribution in [3.8, 4) is 5.75 Å². The Labute approximate surface area is 190 Å². The fraction of sp³-hybridized carbons (Fsp3) is 0.227. The summed E-state index contributed by atoms with van der Waals surface area (Å²) in [7, 11) is -2.04. The molecule has 0 bridgehead atoms. The molecule has 0 radical (unpaired) electrons. The van der Waals surface area contributed by atoms with Crippen LogP contribution in [0.4, 0.5) is 5.69 Å². The van der Waals surface area contributed by atoms with Crippen molar-refractivity contribution in [2.24, 2.45) is 4.40 Å². The number of benzene rings is 2. The molecule has 1 amide bonds. The summed E-state index contributed by atoms with van der Waals surface area (Å²) in [6.45, 7) is 1.10. The predicted molar refractivity (Wildman–Crippen MR) is 124 cm³/mol. The van der Waals surface area contributed by atoms with E-state index in [9.17, 15) is 13.2 Å². The minimum atomic E-state index is -3.87. The number of amidine groups is 1. The summed E-state index contributed by atoms with van der Waals surface area (Å²) in [6.07, 6.45) is 1.51. The molecule has 0 atom stereocenters. The molecule has 0 aliphatic carbocycles. The molecule has 0 unspecified atom stereocenters. The van der Waals surface area contributed by atoms with Gasteiger partial charge in [0.15, 0.2) is 0 Å². The van der Waals surface area contributed by atoms with Gasteiger partial charge in [0.25, 0.3) is 15.9 Å². The number of rotatable bonds is 7. The lowest BCUT2D eigenvalue weighted by Crippen LogP contribution is -2.20. The highest BCUT2D eigenvalue weighted by Crippen LogP contribution is 2.21. The highest BCUT2D eigenvalue weighted by molar-refractivity contribution is 7.90. The lowest BCUT2D eigenvalue weighted by atomic mass is 10.2. The molecule has 166 valence electrons. The Morgan fingerprint density at radius 1 is 1.25 bits per heavy atom. The van der Waals surface area contributed by atoms with Crippen LogP contribution in [0.1, 0.15) is 28.9 Å². The molecule has 1 fully saturated rings. The summed E-state index contributed by atoms with van der Waals surface area (Å²) in [6, 6.07) is 12.9. The van der Waals surface area contributed by atoms with Crippen LogP contribution < -0.4 is 10.1 Å². The summed E-state index contributed by atoms with van der Waals surface area (Å²) in [5.74, 6) is 0.716. The normalized spacial score (nSPS) is 15.2. The zero-order chi connectivity index (χ0) is 22.6. The third-order valence-electron chi connectivity index (χ3n) is 4.92. The van der Waals surface area contributed by atoms with Crippen LogP contribution in [-0.2, 0) is 16.6 Å². The molecule has 32 heavy (non-hydrogen) atoms. The second kappa shape index (κ2) is 9.49. The van der Waals surface area contributed by atoms with Crippen LogP contribution in [0, 0.1) is 0 Å². The summed E-state index contributed by atoms with van der Waals surface area (Å²) in [5.41, 5.74) is 3.30. The Kier molecular flexibility index (Phi) is 6.52. The van der Waals surface area contributed by atoms with Gasteiger partial charge in [-0.3, -0.25) is 4.79 Å². The van der Waals surface area contributed by atoms with Crippen LogP contribution in [0.2, 0.25) is 0 Å². The number of hydrogen-bond donors (Lipinski definition) is 1. The molecule has 1 aromatic heterocycles. The molecular formula is C22H22N4O4S2. The van der Waals surface area contributed by atoms with Crippen molar-refractivity contribution < 1.29 is 17.9 Å². The maximum atomic E-state index is 12.7. The quantitative estimate of drug-likeness (QED) is 0.564. The van der Waals surface area contributed by atoms with Crippen molar-refractivity contribution in [2.45, 2.75) is 24.3 Å². The molecule has 3 aromatic rings. The first-order chi connectivity index (χ1) is 15.4. The van der Waals surface area contributed by atoms with Gasteiger partial charge in [-0.1, -0.05) is 12.1 Å². The van der Waals surface area contributed by atoms with Gasteiger partial charge in [-0.2, -0.15) is 8.42 Å². The minimum Gasteiger partial charge on any atom is -0.487 e. The molecule has 0 spiro atoms. The smallest absolute Gasteiger partial charge is 0.284 e. The second-order valence-corrected chi connectivity index (χ2v) is 9.61. The first-order valence-electron chi connectivity index (χ1n) is 9.97. The van der Waals surface area contributed by atoms with E-state index in [2.05, 4.69) is 14.7 Å². The van der Waals surface area contributed by atoms with Crippen molar-refractivity contribution >= 4 is 38.8 Å². The standard InChI is InChI=1S/C22H22N4O4S2/c1-26-10-4-9-21(26)25-32(28,29)20-8-3-6-17(12-20)24-22(27)16-5-2-7-19(11-16)30-13-18-14-31-15-23-18/h2-3,5-8,11-12,14-15H,4,9-10,13H2,1H3,(H,24,27)/b25-21+. The number of thiazole rings is 1. The zero-order valence-corrected chi connectivity index (χ0v) is 19.0. The summed E-state index contributed by atoms with van der Waals surface area (Å²) in [4.78, 5) is 18.8. The molecule has 0 saturated carbocycles. The highest BCUT2D eigenvalue weighted by Gasteiger charge is 2.20.